The molecule has 14 heavy (non-hydrogen) atoms. The molecule has 1 aromatic carbocycles. The lowest BCUT2D eigenvalue weighted by Crippen LogP contribution is -1.85. The summed E-state index contributed by atoms with van der Waals surface area (Å²) in [5, 5.41) is 0. The van der Waals surface area contributed by atoms with Crippen molar-refractivity contribution in [3.05, 3.63) is 40.3 Å². The minimum atomic E-state index is 1.06. The van der Waals surface area contributed by atoms with Crippen molar-refractivity contribution in [3.63, 3.8) is 0 Å². The van der Waals surface area contributed by atoms with Crippen LogP contribution in [0, 0.1) is 13.8 Å². The van der Waals surface area contributed by atoms with Crippen LogP contribution < -0.4 is 0 Å². The number of aromatic amines is 1. The number of hydrogen-bond acceptors (Lipinski definition) is 1. The second kappa shape index (κ2) is 3.58. The highest BCUT2D eigenvalue weighted by Gasteiger charge is 2.04. The Morgan fingerprint density at radius 2 is 1.86 bits per heavy atom. The molecule has 0 saturated carbocycles. The largest absolute Gasteiger partial charge is 0.345 e. The van der Waals surface area contributed by atoms with Gasteiger partial charge in [-0.05, 0) is 37.1 Å². The van der Waals surface area contributed by atoms with Crippen molar-refractivity contribution in [2.75, 3.05) is 0 Å². The van der Waals surface area contributed by atoms with Gasteiger partial charge in [-0.1, -0.05) is 15.9 Å². The van der Waals surface area contributed by atoms with Crippen LogP contribution in [0.5, 0.6) is 0 Å². The van der Waals surface area contributed by atoms with E-state index in [4.69, 9.17) is 0 Å². The molecule has 0 spiro atoms. The zero-order valence-corrected chi connectivity index (χ0v) is 9.72. The number of H-pyrrole nitrogens is 1. The number of nitrogens with zero attached hydrogens (tertiary/aromatic N) is 1. The predicted octanol–water partition coefficient (Wildman–Crippen LogP) is 3.46. The van der Waals surface area contributed by atoms with Gasteiger partial charge in [-0.15, -0.1) is 0 Å². The molecule has 2 nitrogen and oxygen atoms in total. The molecular formula is C11H11BrN2. The number of benzene rings is 1. The lowest BCUT2D eigenvalue weighted by Gasteiger charge is -2.06. The summed E-state index contributed by atoms with van der Waals surface area (Å²) in [6, 6.07) is 4.29. The van der Waals surface area contributed by atoms with Crippen LogP contribution in [0.25, 0.3) is 11.3 Å². The van der Waals surface area contributed by atoms with Gasteiger partial charge in [0.15, 0.2) is 0 Å². The highest BCUT2D eigenvalue weighted by molar-refractivity contribution is 9.10. The van der Waals surface area contributed by atoms with E-state index < -0.39 is 0 Å². The van der Waals surface area contributed by atoms with Crippen molar-refractivity contribution >= 4 is 15.9 Å². The van der Waals surface area contributed by atoms with Crippen LogP contribution in [0.1, 0.15) is 11.1 Å². The molecule has 0 saturated heterocycles. The van der Waals surface area contributed by atoms with E-state index in [1.165, 1.54) is 21.2 Å². The number of hydrogen-bond donors (Lipinski definition) is 1. The molecule has 72 valence electrons. The normalized spacial score (nSPS) is 10.5. The van der Waals surface area contributed by atoms with Gasteiger partial charge >= 0.3 is 0 Å². The van der Waals surface area contributed by atoms with Crippen molar-refractivity contribution in [2.45, 2.75) is 13.8 Å². The molecule has 0 aliphatic rings. The number of halogens is 1. The first-order valence-corrected chi connectivity index (χ1v) is 5.23. The standard InChI is InChI=1S/C11H11BrN2/c1-7-3-9(4-8(2)11(7)12)10-5-13-6-14-10/h3-6H,1-2H3,(H,13,14). The zero-order valence-electron chi connectivity index (χ0n) is 8.13. The monoisotopic (exact) mass is 250 g/mol. The first-order chi connectivity index (χ1) is 6.68. The van der Waals surface area contributed by atoms with E-state index in [-0.39, 0.29) is 0 Å². The van der Waals surface area contributed by atoms with E-state index >= 15 is 0 Å². The number of aryl methyl sites for hydroxylation is 2. The van der Waals surface area contributed by atoms with Gasteiger partial charge in [0.1, 0.15) is 0 Å². The number of rotatable bonds is 1. The van der Waals surface area contributed by atoms with Crippen LogP contribution in [-0.2, 0) is 0 Å². The molecule has 0 bridgehead atoms. The van der Waals surface area contributed by atoms with Gasteiger partial charge in [0, 0.05) is 10.0 Å². The van der Waals surface area contributed by atoms with Crippen LogP contribution >= 0.6 is 15.9 Å². The highest BCUT2D eigenvalue weighted by atomic mass is 79.9. The second-order valence-corrected chi connectivity index (χ2v) is 4.18. The molecule has 0 amide bonds. The fourth-order valence-corrected chi connectivity index (χ4v) is 1.74. The van der Waals surface area contributed by atoms with E-state index in [0.29, 0.717) is 0 Å². The molecule has 0 aliphatic carbocycles. The molecular weight excluding hydrogens is 240 g/mol. The molecule has 0 unspecified atom stereocenters. The average Bonchev–Trinajstić information content (AvgIpc) is 2.66. The predicted molar refractivity (Wildman–Crippen MR) is 61.2 cm³/mol. The third-order valence-corrected chi connectivity index (χ3v) is 3.50. The minimum Gasteiger partial charge on any atom is -0.345 e. The Labute approximate surface area is 91.5 Å². The fraction of sp³-hybridized carbons (Fsp3) is 0.182. The Bertz CT molecular complexity index is 423. The highest BCUT2D eigenvalue weighted by Crippen LogP contribution is 2.27. The summed E-state index contributed by atoms with van der Waals surface area (Å²) in [6.07, 6.45) is 3.53. The van der Waals surface area contributed by atoms with Crippen LogP contribution in [-0.4, -0.2) is 9.97 Å². The van der Waals surface area contributed by atoms with Crippen molar-refractivity contribution < 1.29 is 0 Å². The summed E-state index contributed by atoms with van der Waals surface area (Å²) in [5.74, 6) is 0. The Morgan fingerprint density at radius 1 is 1.21 bits per heavy atom. The van der Waals surface area contributed by atoms with E-state index in [1.807, 2.05) is 6.20 Å². The smallest absolute Gasteiger partial charge is 0.0924 e. The molecule has 0 atom stereocenters. The summed E-state index contributed by atoms with van der Waals surface area (Å²) in [4.78, 5) is 7.11. The SMILES string of the molecule is Cc1cc(-c2cnc[nH]2)cc(C)c1Br. The maximum Gasteiger partial charge on any atom is 0.0924 e. The van der Waals surface area contributed by atoms with Crippen LogP contribution in [0.3, 0.4) is 0 Å². The Hall–Kier alpha value is -1.09. The molecule has 3 heteroatoms. The molecule has 0 fully saturated rings. The summed E-state index contributed by atoms with van der Waals surface area (Å²) in [7, 11) is 0. The molecule has 1 heterocycles. The Morgan fingerprint density at radius 3 is 2.36 bits per heavy atom. The van der Waals surface area contributed by atoms with Crippen LogP contribution in [0.2, 0.25) is 0 Å². The molecule has 1 N–H and O–H groups in total. The van der Waals surface area contributed by atoms with E-state index in [2.05, 4.69) is 51.9 Å². The maximum absolute atomic E-state index is 4.01. The van der Waals surface area contributed by atoms with E-state index in [9.17, 15) is 0 Å². The summed E-state index contributed by atoms with van der Waals surface area (Å²) >= 11 is 3.55. The van der Waals surface area contributed by atoms with Crippen molar-refractivity contribution in [1.29, 1.82) is 0 Å². The van der Waals surface area contributed by atoms with Gasteiger partial charge in [0.2, 0.25) is 0 Å². The molecule has 2 rings (SSSR count). The number of aromatic nitrogens is 2. The lowest BCUT2D eigenvalue weighted by molar-refractivity contribution is 1.30. The fourth-order valence-electron chi connectivity index (χ4n) is 1.52. The van der Waals surface area contributed by atoms with Gasteiger partial charge in [-0.25, -0.2) is 4.98 Å². The van der Waals surface area contributed by atoms with Crippen molar-refractivity contribution in [2.24, 2.45) is 0 Å². The van der Waals surface area contributed by atoms with Gasteiger partial charge in [-0.2, -0.15) is 0 Å². The number of nitrogens with one attached hydrogen (secondary N) is 1. The van der Waals surface area contributed by atoms with E-state index in [0.717, 1.165) is 5.69 Å². The average molecular weight is 251 g/mol. The quantitative estimate of drug-likeness (QED) is 0.826. The Kier molecular flexibility index (Phi) is 2.42. The van der Waals surface area contributed by atoms with Crippen LogP contribution in [0.4, 0.5) is 0 Å². The third kappa shape index (κ3) is 1.60. The Balaban J connectivity index is 2.57. The lowest BCUT2D eigenvalue weighted by atomic mass is 10.1. The summed E-state index contributed by atoms with van der Waals surface area (Å²) in [5.41, 5.74) is 4.73. The zero-order chi connectivity index (χ0) is 10.1. The number of imidazole rings is 1. The molecule has 2 aromatic rings. The first kappa shape index (κ1) is 9.46. The van der Waals surface area contributed by atoms with Crippen LogP contribution in [0.15, 0.2) is 29.1 Å². The second-order valence-electron chi connectivity index (χ2n) is 3.39. The first-order valence-electron chi connectivity index (χ1n) is 4.44. The topological polar surface area (TPSA) is 28.7 Å². The van der Waals surface area contributed by atoms with Crippen molar-refractivity contribution in [3.8, 4) is 11.3 Å². The van der Waals surface area contributed by atoms with Gasteiger partial charge in [0.25, 0.3) is 0 Å². The van der Waals surface area contributed by atoms with E-state index in [1.54, 1.807) is 6.33 Å². The third-order valence-electron chi connectivity index (χ3n) is 2.25. The van der Waals surface area contributed by atoms with Gasteiger partial charge in [-0.3, -0.25) is 0 Å². The minimum absolute atomic E-state index is 1.06. The van der Waals surface area contributed by atoms with Gasteiger partial charge in [0.05, 0.1) is 18.2 Å². The summed E-state index contributed by atoms with van der Waals surface area (Å²) in [6.45, 7) is 4.19. The maximum atomic E-state index is 4.01. The molecule has 0 radical (unpaired) electrons. The summed E-state index contributed by atoms with van der Waals surface area (Å²) < 4.78 is 1.18. The van der Waals surface area contributed by atoms with Crippen molar-refractivity contribution in [1.82, 2.24) is 9.97 Å². The molecule has 1 aromatic heterocycles. The van der Waals surface area contributed by atoms with Gasteiger partial charge < -0.3 is 4.98 Å². The molecule has 0 aliphatic heterocycles.